The van der Waals surface area contributed by atoms with Gasteiger partial charge in [0.2, 0.25) is 0 Å². The Balaban J connectivity index is 2.28. The largest absolute Gasteiger partial charge is 0.326 e. The molecule has 0 saturated carbocycles. The van der Waals surface area contributed by atoms with Crippen molar-refractivity contribution < 1.29 is 0 Å². The quantitative estimate of drug-likeness (QED) is 0.818. The van der Waals surface area contributed by atoms with Gasteiger partial charge in [0.05, 0.1) is 11.6 Å². The molecule has 0 bridgehead atoms. The standard InChI is InChI=1S/C12H21N3S/c1-12(2,3)15-6-4-5-9(13)11(15)10-7-14-8-16-10/h7-9,11H,4-6,13H2,1-3H3. The van der Waals surface area contributed by atoms with Crippen LogP contribution in [0.2, 0.25) is 0 Å². The average molecular weight is 239 g/mol. The lowest BCUT2D eigenvalue weighted by molar-refractivity contribution is 0.0401. The SMILES string of the molecule is CC(C)(C)N1CCCC(N)C1c1cncs1. The highest BCUT2D eigenvalue weighted by atomic mass is 32.1. The summed E-state index contributed by atoms with van der Waals surface area (Å²) in [6.45, 7) is 7.93. The summed E-state index contributed by atoms with van der Waals surface area (Å²) in [5.41, 5.74) is 8.37. The molecule has 1 fully saturated rings. The molecule has 0 aliphatic carbocycles. The highest BCUT2D eigenvalue weighted by molar-refractivity contribution is 7.09. The molecule has 1 aromatic heterocycles. The van der Waals surface area contributed by atoms with Gasteiger partial charge in [0, 0.05) is 22.7 Å². The number of aromatic nitrogens is 1. The summed E-state index contributed by atoms with van der Waals surface area (Å²) < 4.78 is 0. The van der Waals surface area contributed by atoms with E-state index < -0.39 is 0 Å². The molecule has 0 spiro atoms. The number of nitrogens with two attached hydrogens (primary N) is 1. The van der Waals surface area contributed by atoms with Crippen LogP contribution in [0.3, 0.4) is 0 Å². The van der Waals surface area contributed by atoms with Crippen molar-refractivity contribution in [1.82, 2.24) is 9.88 Å². The number of nitrogens with zero attached hydrogens (tertiary/aromatic N) is 2. The van der Waals surface area contributed by atoms with Crippen molar-refractivity contribution in [2.45, 2.75) is 51.2 Å². The minimum absolute atomic E-state index is 0.173. The van der Waals surface area contributed by atoms with Gasteiger partial charge in [-0.15, -0.1) is 11.3 Å². The number of rotatable bonds is 1. The Hall–Kier alpha value is -0.450. The molecule has 0 aromatic carbocycles. The second-order valence-corrected chi connectivity index (χ2v) is 6.44. The van der Waals surface area contributed by atoms with Crippen molar-refractivity contribution in [2.75, 3.05) is 6.54 Å². The number of piperidine rings is 1. The van der Waals surface area contributed by atoms with Gasteiger partial charge in [-0.3, -0.25) is 9.88 Å². The predicted molar refractivity (Wildman–Crippen MR) is 68.5 cm³/mol. The molecule has 0 amide bonds. The van der Waals surface area contributed by atoms with Crippen molar-refractivity contribution in [2.24, 2.45) is 5.73 Å². The molecule has 1 aromatic rings. The Labute approximate surface area is 102 Å². The monoisotopic (exact) mass is 239 g/mol. The van der Waals surface area contributed by atoms with Crippen LogP contribution in [0.25, 0.3) is 0 Å². The maximum absolute atomic E-state index is 6.29. The lowest BCUT2D eigenvalue weighted by Crippen LogP contribution is -2.53. The Morgan fingerprint density at radius 3 is 2.81 bits per heavy atom. The summed E-state index contributed by atoms with van der Waals surface area (Å²) in [4.78, 5) is 8.01. The molecule has 16 heavy (non-hydrogen) atoms. The van der Waals surface area contributed by atoms with E-state index in [4.69, 9.17) is 5.73 Å². The van der Waals surface area contributed by atoms with Crippen molar-refractivity contribution in [3.05, 3.63) is 16.6 Å². The maximum Gasteiger partial charge on any atom is 0.0794 e. The summed E-state index contributed by atoms with van der Waals surface area (Å²) >= 11 is 1.72. The first-order chi connectivity index (χ1) is 7.50. The summed E-state index contributed by atoms with van der Waals surface area (Å²) in [5.74, 6) is 0. The van der Waals surface area contributed by atoms with Crippen molar-refractivity contribution >= 4 is 11.3 Å². The van der Waals surface area contributed by atoms with Gasteiger partial charge < -0.3 is 5.73 Å². The maximum atomic E-state index is 6.29. The first-order valence-electron chi connectivity index (χ1n) is 5.91. The first kappa shape index (κ1) is 12.0. The van der Waals surface area contributed by atoms with Crippen LogP contribution >= 0.6 is 11.3 Å². The zero-order valence-electron chi connectivity index (χ0n) is 10.3. The van der Waals surface area contributed by atoms with E-state index in [9.17, 15) is 0 Å². The fourth-order valence-corrected chi connectivity index (χ4v) is 3.32. The molecule has 2 rings (SSSR count). The fourth-order valence-electron chi connectivity index (χ4n) is 2.51. The lowest BCUT2D eigenvalue weighted by Gasteiger charge is -2.46. The van der Waals surface area contributed by atoms with E-state index in [1.165, 1.54) is 11.3 Å². The van der Waals surface area contributed by atoms with Gasteiger partial charge in [-0.2, -0.15) is 0 Å². The zero-order valence-corrected chi connectivity index (χ0v) is 11.1. The fraction of sp³-hybridized carbons (Fsp3) is 0.750. The van der Waals surface area contributed by atoms with E-state index in [1.54, 1.807) is 11.3 Å². The van der Waals surface area contributed by atoms with Crippen LogP contribution in [-0.4, -0.2) is 28.0 Å². The Morgan fingerprint density at radius 2 is 2.25 bits per heavy atom. The normalized spacial score (nSPS) is 28.2. The summed E-state index contributed by atoms with van der Waals surface area (Å²) in [5, 5.41) is 0. The lowest BCUT2D eigenvalue weighted by atomic mass is 9.90. The molecule has 1 aliphatic heterocycles. The number of likely N-dealkylation sites (tertiary alicyclic amines) is 1. The molecule has 0 radical (unpaired) electrons. The van der Waals surface area contributed by atoms with E-state index in [0.29, 0.717) is 6.04 Å². The van der Waals surface area contributed by atoms with E-state index in [2.05, 4.69) is 30.7 Å². The van der Waals surface area contributed by atoms with Gasteiger partial charge in [-0.25, -0.2) is 0 Å². The highest BCUT2D eigenvalue weighted by Gasteiger charge is 2.37. The average Bonchev–Trinajstić information content (AvgIpc) is 2.68. The smallest absolute Gasteiger partial charge is 0.0794 e. The van der Waals surface area contributed by atoms with Gasteiger partial charge >= 0.3 is 0 Å². The van der Waals surface area contributed by atoms with Crippen LogP contribution < -0.4 is 5.73 Å². The van der Waals surface area contributed by atoms with Crippen LogP contribution in [-0.2, 0) is 0 Å². The predicted octanol–water partition coefficient (Wildman–Crippen LogP) is 2.41. The van der Waals surface area contributed by atoms with E-state index in [0.717, 1.165) is 13.0 Å². The zero-order chi connectivity index (χ0) is 11.8. The third-order valence-corrected chi connectivity index (χ3v) is 4.13. The molecule has 2 atom stereocenters. The molecular weight excluding hydrogens is 218 g/mol. The third kappa shape index (κ3) is 2.29. The van der Waals surface area contributed by atoms with Gasteiger partial charge in [-0.1, -0.05) is 0 Å². The van der Waals surface area contributed by atoms with Gasteiger partial charge in [-0.05, 0) is 40.2 Å². The third-order valence-electron chi connectivity index (χ3n) is 3.28. The number of hydrogen-bond acceptors (Lipinski definition) is 4. The van der Waals surface area contributed by atoms with E-state index >= 15 is 0 Å². The highest BCUT2D eigenvalue weighted by Crippen LogP contribution is 2.36. The molecular formula is C12H21N3S. The summed E-state index contributed by atoms with van der Waals surface area (Å²) in [6.07, 6.45) is 4.29. The summed E-state index contributed by atoms with van der Waals surface area (Å²) in [7, 11) is 0. The molecule has 2 N–H and O–H groups in total. The molecule has 4 heteroatoms. The summed E-state index contributed by atoms with van der Waals surface area (Å²) in [6, 6.07) is 0.592. The van der Waals surface area contributed by atoms with Crippen LogP contribution in [0, 0.1) is 0 Å². The Kier molecular flexibility index (Phi) is 3.33. The molecule has 1 aliphatic rings. The van der Waals surface area contributed by atoms with E-state index in [1.807, 2.05) is 11.7 Å². The van der Waals surface area contributed by atoms with E-state index in [-0.39, 0.29) is 11.6 Å². The number of hydrogen-bond donors (Lipinski definition) is 1. The van der Waals surface area contributed by atoms with Crippen LogP contribution in [0.4, 0.5) is 0 Å². The molecule has 2 heterocycles. The second-order valence-electron chi connectivity index (χ2n) is 5.52. The minimum Gasteiger partial charge on any atom is -0.326 e. The molecule has 1 saturated heterocycles. The number of thiazole rings is 1. The van der Waals surface area contributed by atoms with Crippen molar-refractivity contribution in [3.8, 4) is 0 Å². The van der Waals surface area contributed by atoms with Gasteiger partial charge in [0.25, 0.3) is 0 Å². The Bertz CT molecular complexity index is 329. The topological polar surface area (TPSA) is 42.1 Å². The Morgan fingerprint density at radius 1 is 1.50 bits per heavy atom. The molecule has 2 unspecified atom stereocenters. The van der Waals surface area contributed by atoms with Crippen LogP contribution in [0.5, 0.6) is 0 Å². The van der Waals surface area contributed by atoms with Crippen LogP contribution in [0.15, 0.2) is 11.7 Å². The van der Waals surface area contributed by atoms with Gasteiger partial charge in [0.1, 0.15) is 0 Å². The molecule has 90 valence electrons. The first-order valence-corrected chi connectivity index (χ1v) is 6.79. The van der Waals surface area contributed by atoms with Crippen molar-refractivity contribution in [1.29, 1.82) is 0 Å². The second kappa shape index (κ2) is 4.43. The van der Waals surface area contributed by atoms with Crippen LogP contribution in [0.1, 0.15) is 44.5 Å². The minimum atomic E-state index is 0.173. The van der Waals surface area contributed by atoms with Crippen molar-refractivity contribution in [3.63, 3.8) is 0 Å². The van der Waals surface area contributed by atoms with Gasteiger partial charge in [0.15, 0.2) is 0 Å². The molecule has 3 nitrogen and oxygen atoms in total.